The Morgan fingerprint density at radius 1 is 1.06 bits per heavy atom. The topological polar surface area (TPSA) is 117 Å². The van der Waals surface area contributed by atoms with Crippen LogP contribution < -0.4 is 10.0 Å². The van der Waals surface area contributed by atoms with E-state index in [2.05, 4.69) is 20.3 Å². The molecule has 0 bridgehead atoms. The highest BCUT2D eigenvalue weighted by Gasteiger charge is 2.27. The van der Waals surface area contributed by atoms with Gasteiger partial charge in [0.05, 0.1) is 28.0 Å². The largest absolute Gasteiger partial charge is 0.345 e. The molecule has 12 heteroatoms. The second-order valence-electron chi connectivity index (χ2n) is 7.31. The molecule has 0 saturated carbocycles. The molecule has 3 N–H and O–H groups in total. The van der Waals surface area contributed by atoms with E-state index in [-0.39, 0.29) is 34.6 Å². The van der Waals surface area contributed by atoms with Gasteiger partial charge in [0.15, 0.2) is 5.82 Å². The summed E-state index contributed by atoms with van der Waals surface area (Å²) in [5.41, 5.74) is -0.964. The van der Waals surface area contributed by atoms with Gasteiger partial charge in [-0.15, -0.1) is 0 Å². The first-order valence-corrected chi connectivity index (χ1v) is 11.7. The van der Waals surface area contributed by atoms with Crippen molar-refractivity contribution < 1.29 is 26.4 Å². The van der Waals surface area contributed by atoms with E-state index in [4.69, 9.17) is 0 Å². The molecule has 0 spiro atoms. The highest BCUT2D eigenvalue weighted by Crippen LogP contribution is 2.31. The van der Waals surface area contributed by atoms with Crippen molar-refractivity contribution in [2.45, 2.75) is 13.3 Å². The van der Waals surface area contributed by atoms with E-state index in [1.807, 2.05) is 4.72 Å². The molecule has 2 aromatic heterocycles. The van der Waals surface area contributed by atoms with E-state index in [1.54, 1.807) is 6.92 Å². The molecule has 34 heavy (non-hydrogen) atoms. The number of sulfonamides is 1. The van der Waals surface area contributed by atoms with Gasteiger partial charge < -0.3 is 10.3 Å². The molecule has 8 nitrogen and oxygen atoms in total. The number of nitrogens with zero attached hydrogens (tertiary/aromatic N) is 2. The molecule has 0 aliphatic rings. The Hall–Kier alpha value is -3.93. The van der Waals surface area contributed by atoms with Crippen LogP contribution in [0.3, 0.4) is 0 Å². The van der Waals surface area contributed by atoms with Gasteiger partial charge >= 0.3 is 0 Å². The van der Waals surface area contributed by atoms with Gasteiger partial charge in [-0.1, -0.05) is 6.92 Å². The molecule has 2 heterocycles. The number of aromatic amines is 1. The molecule has 0 unspecified atom stereocenters. The standard InChI is InChI=1S/C22H18F3N5O3S/c1-2-9-34(32,33)30-16-8-7-15(24)18(19(16)25)20(31)14-10-26-21-17(14)22(28-11-27-21)29-13-5-3-12(23)4-6-13/h3-8,10-11,30H,2,9H2,1H3,(H2,26,27,28,29). The molecule has 2 aromatic carbocycles. The number of benzene rings is 2. The van der Waals surface area contributed by atoms with Crippen LogP contribution in [-0.4, -0.2) is 34.9 Å². The number of rotatable bonds is 8. The van der Waals surface area contributed by atoms with Crippen LogP contribution in [0.25, 0.3) is 11.0 Å². The minimum Gasteiger partial charge on any atom is -0.345 e. The van der Waals surface area contributed by atoms with Crippen LogP contribution in [0.5, 0.6) is 0 Å². The summed E-state index contributed by atoms with van der Waals surface area (Å²) >= 11 is 0. The van der Waals surface area contributed by atoms with Crippen LogP contribution in [0.1, 0.15) is 29.3 Å². The lowest BCUT2D eigenvalue weighted by Gasteiger charge is -2.12. The van der Waals surface area contributed by atoms with Crippen LogP contribution in [-0.2, 0) is 10.0 Å². The number of anilines is 3. The Morgan fingerprint density at radius 2 is 1.79 bits per heavy atom. The third-order valence-electron chi connectivity index (χ3n) is 4.88. The lowest BCUT2D eigenvalue weighted by molar-refractivity contribution is 0.103. The Bertz CT molecular complexity index is 1490. The predicted octanol–water partition coefficient (Wildman–Crippen LogP) is 4.50. The van der Waals surface area contributed by atoms with Crippen molar-refractivity contribution >= 4 is 44.0 Å². The first-order chi connectivity index (χ1) is 16.2. The maximum absolute atomic E-state index is 15.2. The summed E-state index contributed by atoms with van der Waals surface area (Å²) in [5, 5.41) is 3.07. The van der Waals surface area contributed by atoms with Gasteiger partial charge in [-0.2, -0.15) is 0 Å². The zero-order valence-electron chi connectivity index (χ0n) is 17.7. The van der Waals surface area contributed by atoms with Gasteiger partial charge in [0.1, 0.15) is 29.4 Å². The van der Waals surface area contributed by atoms with E-state index < -0.39 is 44.5 Å². The highest BCUT2D eigenvalue weighted by molar-refractivity contribution is 7.92. The van der Waals surface area contributed by atoms with Crippen molar-refractivity contribution in [1.29, 1.82) is 0 Å². The number of fused-ring (bicyclic) bond motifs is 1. The van der Waals surface area contributed by atoms with Crippen molar-refractivity contribution in [3.63, 3.8) is 0 Å². The monoisotopic (exact) mass is 489 g/mol. The molecule has 0 aliphatic heterocycles. The quantitative estimate of drug-likeness (QED) is 0.314. The maximum atomic E-state index is 15.2. The Kier molecular flexibility index (Phi) is 6.24. The van der Waals surface area contributed by atoms with Crippen molar-refractivity contribution in [3.8, 4) is 0 Å². The van der Waals surface area contributed by atoms with Crippen LogP contribution in [0, 0.1) is 17.5 Å². The normalized spacial score (nSPS) is 11.5. The van der Waals surface area contributed by atoms with Gasteiger partial charge in [0.25, 0.3) is 0 Å². The van der Waals surface area contributed by atoms with Gasteiger partial charge in [-0.25, -0.2) is 31.6 Å². The summed E-state index contributed by atoms with van der Waals surface area (Å²) in [7, 11) is -3.88. The maximum Gasteiger partial charge on any atom is 0.232 e. The number of ketones is 1. The molecular formula is C22H18F3N5O3S. The van der Waals surface area contributed by atoms with Gasteiger partial charge in [0.2, 0.25) is 15.8 Å². The van der Waals surface area contributed by atoms with Crippen molar-refractivity contribution in [2.75, 3.05) is 15.8 Å². The van der Waals surface area contributed by atoms with Crippen molar-refractivity contribution in [1.82, 2.24) is 15.0 Å². The average molecular weight is 489 g/mol. The van der Waals surface area contributed by atoms with Gasteiger partial charge in [-0.05, 0) is 42.8 Å². The molecule has 4 aromatic rings. The number of halogens is 3. The fourth-order valence-corrected chi connectivity index (χ4v) is 4.50. The summed E-state index contributed by atoms with van der Waals surface area (Å²) in [6, 6.07) is 7.06. The Balaban J connectivity index is 1.78. The zero-order chi connectivity index (χ0) is 24.5. The fourth-order valence-electron chi connectivity index (χ4n) is 3.37. The summed E-state index contributed by atoms with van der Waals surface area (Å²) in [6.45, 7) is 1.63. The van der Waals surface area contributed by atoms with Gasteiger partial charge in [-0.3, -0.25) is 9.52 Å². The van der Waals surface area contributed by atoms with Crippen molar-refractivity contribution in [3.05, 3.63) is 77.5 Å². The summed E-state index contributed by atoms with van der Waals surface area (Å²) in [6.07, 6.45) is 2.72. The van der Waals surface area contributed by atoms with Gasteiger partial charge in [0, 0.05) is 11.9 Å². The number of nitrogens with one attached hydrogen (secondary N) is 3. The van der Waals surface area contributed by atoms with Crippen LogP contribution in [0.2, 0.25) is 0 Å². The molecule has 0 amide bonds. The van der Waals surface area contributed by atoms with E-state index >= 15 is 4.39 Å². The second-order valence-corrected chi connectivity index (χ2v) is 9.16. The summed E-state index contributed by atoms with van der Waals surface area (Å²) in [4.78, 5) is 24.1. The minimum absolute atomic E-state index is 0.141. The lowest BCUT2D eigenvalue weighted by atomic mass is 10.0. The summed E-state index contributed by atoms with van der Waals surface area (Å²) in [5.74, 6) is -4.14. The van der Waals surface area contributed by atoms with Crippen molar-refractivity contribution in [2.24, 2.45) is 0 Å². The van der Waals surface area contributed by atoms with E-state index in [9.17, 15) is 22.0 Å². The third kappa shape index (κ3) is 4.57. The number of carbonyl (C=O) groups is 1. The number of hydrogen-bond donors (Lipinski definition) is 3. The SMILES string of the molecule is CCCS(=O)(=O)Nc1ccc(F)c(C(=O)c2c[nH]c3ncnc(Nc4ccc(F)cc4)c23)c1F. The summed E-state index contributed by atoms with van der Waals surface area (Å²) < 4.78 is 69.1. The number of aromatic nitrogens is 3. The molecule has 0 aliphatic carbocycles. The molecular weight excluding hydrogens is 471 g/mol. The second kappa shape index (κ2) is 9.14. The molecule has 0 saturated heterocycles. The molecule has 0 fully saturated rings. The average Bonchev–Trinajstić information content (AvgIpc) is 3.22. The van der Waals surface area contributed by atoms with E-state index in [0.29, 0.717) is 5.69 Å². The first kappa shape index (κ1) is 23.2. The predicted molar refractivity (Wildman–Crippen MR) is 121 cm³/mol. The first-order valence-electron chi connectivity index (χ1n) is 10.1. The highest BCUT2D eigenvalue weighted by atomic mass is 32.2. The number of H-pyrrole nitrogens is 1. The van der Waals surface area contributed by atoms with E-state index in [1.165, 1.54) is 36.8 Å². The Morgan fingerprint density at radius 3 is 2.50 bits per heavy atom. The zero-order valence-corrected chi connectivity index (χ0v) is 18.5. The third-order valence-corrected chi connectivity index (χ3v) is 6.35. The van der Waals surface area contributed by atoms with Crippen LogP contribution in [0.4, 0.5) is 30.4 Å². The lowest BCUT2D eigenvalue weighted by Crippen LogP contribution is -2.18. The smallest absolute Gasteiger partial charge is 0.232 e. The molecule has 4 rings (SSSR count). The van der Waals surface area contributed by atoms with Crippen LogP contribution in [0.15, 0.2) is 48.9 Å². The van der Waals surface area contributed by atoms with Crippen LogP contribution >= 0.6 is 0 Å². The molecule has 0 radical (unpaired) electrons. The fraction of sp³-hybridized carbons (Fsp3) is 0.136. The molecule has 0 atom stereocenters. The molecule has 176 valence electrons. The van der Waals surface area contributed by atoms with E-state index in [0.717, 1.165) is 12.1 Å². The Labute approximate surface area is 192 Å². The number of hydrogen-bond acceptors (Lipinski definition) is 6. The number of carbonyl (C=O) groups excluding carboxylic acids is 1. The minimum atomic E-state index is -3.88.